The Bertz CT molecular complexity index is 1200. The molecule has 1 amide bonds. The van der Waals surface area contributed by atoms with Crippen LogP contribution in [0.4, 0.5) is 17.2 Å². The number of carbonyl (C=O) groups excluding carboxylic acids is 1. The summed E-state index contributed by atoms with van der Waals surface area (Å²) in [5, 5.41) is 3.90. The van der Waals surface area contributed by atoms with Gasteiger partial charge in [-0.2, -0.15) is 0 Å². The number of hydrogen-bond donors (Lipinski definition) is 1. The number of amides is 1. The van der Waals surface area contributed by atoms with E-state index in [4.69, 9.17) is 9.47 Å². The lowest BCUT2D eigenvalue weighted by Gasteiger charge is -2.31. The lowest BCUT2D eigenvalue weighted by Crippen LogP contribution is -2.25. The molecule has 2 aliphatic rings. The molecule has 5 rings (SSSR count). The molecule has 0 saturated carbocycles. The van der Waals surface area contributed by atoms with E-state index in [0.29, 0.717) is 24.7 Å². The number of nitrogens with zero attached hydrogens (tertiary/aromatic N) is 3. The first-order valence-electron chi connectivity index (χ1n) is 12.1. The van der Waals surface area contributed by atoms with Crippen LogP contribution in [0.25, 0.3) is 10.9 Å². The summed E-state index contributed by atoms with van der Waals surface area (Å²) in [5.41, 5.74) is 3.88. The standard InChI is InChI=1S/C27H30N4O3/c1-2-3-4-11-26(32)30-23-15-21-22(16-25(23)34-20-12-14-33-17-20)28-18-29-27(21)31-13-7-9-19-8-5-6-10-24(19)31/h4-6,8,10-11,15-16,18,20H,2-3,7,9,12-14,17H2,1H3,(H,30,32)/b11-4+/t20-/m1/s1. The van der Waals surface area contributed by atoms with Gasteiger partial charge in [0, 0.05) is 30.1 Å². The van der Waals surface area contributed by atoms with Crippen LogP contribution in [0.3, 0.4) is 0 Å². The number of ether oxygens (including phenoxy) is 2. The zero-order valence-corrected chi connectivity index (χ0v) is 19.5. The van der Waals surface area contributed by atoms with Gasteiger partial charge < -0.3 is 19.7 Å². The van der Waals surface area contributed by atoms with Crippen molar-refractivity contribution in [1.29, 1.82) is 0 Å². The number of fused-ring (bicyclic) bond motifs is 2. The molecule has 7 heteroatoms. The average molecular weight is 459 g/mol. The fraction of sp³-hybridized carbons (Fsp3) is 0.370. The zero-order chi connectivity index (χ0) is 23.3. The monoisotopic (exact) mass is 458 g/mol. The third kappa shape index (κ3) is 4.75. The second-order valence-corrected chi connectivity index (χ2v) is 8.73. The predicted molar refractivity (Wildman–Crippen MR) is 134 cm³/mol. The molecule has 1 N–H and O–H groups in total. The van der Waals surface area contributed by atoms with Crippen molar-refractivity contribution in [2.45, 2.75) is 45.1 Å². The van der Waals surface area contributed by atoms with Crippen LogP contribution in [0.5, 0.6) is 5.75 Å². The van der Waals surface area contributed by atoms with Gasteiger partial charge in [-0.25, -0.2) is 9.97 Å². The molecule has 34 heavy (non-hydrogen) atoms. The van der Waals surface area contributed by atoms with Crippen molar-refractivity contribution < 1.29 is 14.3 Å². The minimum atomic E-state index is -0.179. The second kappa shape index (κ2) is 10.2. The van der Waals surface area contributed by atoms with Crippen LogP contribution in [0.1, 0.15) is 38.2 Å². The molecule has 2 aromatic carbocycles. The van der Waals surface area contributed by atoms with Gasteiger partial charge in [0.25, 0.3) is 0 Å². The lowest BCUT2D eigenvalue weighted by atomic mass is 10.0. The molecular formula is C27H30N4O3. The van der Waals surface area contributed by atoms with Gasteiger partial charge in [0.2, 0.25) is 5.91 Å². The first kappa shape index (κ1) is 22.3. The summed E-state index contributed by atoms with van der Waals surface area (Å²) in [6.45, 7) is 4.19. The highest BCUT2D eigenvalue weighted by molar-refractivity contribution is 6.03. The molecule has 176 valence electrons. The summed E-state index contributed by atoms with van der Waals surface area (Å²) in [6.07, 6.45) is 9.82. The molecule has 3 heterocycles. The van der Waals surface area contributed by atoms with E-state index in [2.05, 4.69) is 51.4 Å². The highest BCUT2D eigenvalue weighted by Crippen LogP contribution is 2.39. The van der Waals surface area contributed by atoms with Gasteiger partial charge >= 0.3 is 0 Å². The second-order valence-electron chi connectivity index (χ2n) is 8.73. The molecule has 0 unspecified atom stereocenters. The molecule has 0 aliphatic carbocycles. The number of rotatable bonds is 7. The number of hydrogen-bond acceptors (Lipinski definition) is 6. The van der Waals surface area contributed by atoms with Crippen molar-refractivity contribution >= 4 is 34.0 Å². The largest absolute Gasteiger partial charge is 0.486 e. The molecule has 0 bridgehead atoms. The SMILES string of the molecule is CCC/C=C/C(=O)Nc1cc2c(N3CCCc4ccccc43)ncnc2cc1O[C@@H]1CCOC1. The Morgan fingerprint density at radius 2 is 2.21 bits per heavy atom. The smallest absolute Gasteiger partial charge is 0.248 e. The van der Waals surface area contributed by atoms with Crippen LogP contribution in [0.2, 0.25) is 0 Å². The summed E-state index contributed by atoms with van der Waals surface area (Å²) in [4.78, 5) is 24.1. The summed E-state index contributed by atoms with van der Waals surface area (Å²) >= 11 is 0. The number of carbonyl (C=O) groups is 1. The van der Waals surface area contributed by atoms with E-state index >= 15 is 0 Å². The molecular weight excluding hydrogens is 428 g/mol. The number of allylic oxidation sites excluding steroid dienone is 1. The molecule has 1 atom stereocenters. The topological polar surface area (TPSA) is 76.6 Å². The van der Waals surface area contributed by atoms with Crippen LogP contribution in [0.15, 0.2) is 54.9 Å². The van der Waals surface area contributed by atoms with Gasteiger partial charge in [0.1, 0.15) is 24.0 Å². The highest BCUT2D eigenvalue weighted by atomic mass is 16.5. The Balaban J connectivity index is 1.56. The lowest BCUT2D eigenvalue weighted by molar-refractivity contribution is -0.111. The Morgan fingerprint density at radius 1 is 1.29 bits per heavy atom. The van der Waals surface area contributed by atoms with Crippen molar-refractivity contribution in [3.63, 3.8) is 0 Å². The molecule has 3 aromatic rings. The highest BCUT2D eigenvalue weighted by Gasteiger charge is 2.24. The van der Waals surface area contributed by atoms with Gasteiger partial charge in [-0.1, -0.05) is 37.6 Å². The van der Waals surface area contributed by atoms with Crippen molar-refractivity contribution in [3.05, 3.63) is 60.4 Å². The van der Waals surface area contributed by atoms with Gasteiger partial charge in [0.05, 0.1) is 24.4 Å². The zero-order valence-electron chi connectivity index (χ0n) is 19.5. The molecule has 1 saturated heterocycles. The van der Waals surface area contributed by atoms with Crippen molar-refractivity contribution in [2.24, 2.45) is 0 Å². The minimum absolute atomic E-state index is 0.0426. The first-order chi connectivity index (χ1) is 16.7. The average Bonchev–Trinajstić information content (AvgIpc) is 3.37. The van der Waals surface area contributed by atoms with Crippen LogP contribution < -0.4 is 15.0 Å². The van der Waals surface area contributed by atoms with E-state index < -0.39 is 0 Å². The number of anilines is 3. The Labute approximate surface area is 199 Å². The van der Waals surface area contributed by atoms with Gasteiger partial charge in [-0.3, -0.25) is 4.79 Å². The molecule has 7 nitrogen and oxygen atoms in total. The third-order valence-corrected chi connectivity index (χ3v) is 6.25. The van der Waals surface area contributed by atoms with Crippen LogP contribution in [0, 0.1) is 0 Å². The maximum absolute atomic E-state index is 12.6. The Hall–Kier alpha value is -3.45. The first-order valence-corrected chi connectivity index (χ1v) is 12.1. The third-order valence-electron chi connectivity index (χ3n) is 6.25. The quantitative estimate of drug-likeness (QED) is 0.492. The Morgan fingerprint density at radius 3 is 3.06 bits per heavy atom. The van der Waals surface area contributed by atoms with Crippen molar-refractivity contribution in [2.75, 3.05) is 30.0 Å². The van der Waals surface area contributed by atoms with E-state index in [-0.39, 0.29) is 12.0 Å². The fourth-order valence-electron chi connectivity index (χ4n) is 4.55. The van der Waals surface area contributed by atoms with Crippen LogP contribution in [-0.2, 0) is 16.0 Å². The number of para-hydroxylation sites is 1. The van der Waals surface area contributed by atoms with Crippen molar-refractivity contribution in [1.82, 2.24) is 9.97 Å². The van der Waals surface area contributed by atoms with Crippen molar-refractivity contribution in [3.8, 4) is 5.75 Å². The molecule has 2 aliphatic heterocycles. The summed E-state index contributed by atoms with van der Waals surface area (Å²) in [5.74, 6) is 1.26. The maximum Gasteiger partial charge on any atom is 0.248 e. The van der Waals surface area contributed by atoms with E-state index in [1.165, 1.54) is 11.3 Å². The van der Waals surface area contributed by atoms with Gasteiger partial charge in [-0.15, -0.1) is 0 Å². The predicted octanol–water partition coefficient (Wildman–Crippen LogP) is 5.18. The normalized spacial score (nSPS) is 17.8. The fourth-order valence-corrected chi connectivity index (χ4v) is 4.55. The summed E-state index contributed by atoms with van der Waals surface area (Å²) < 4.78 is 11.7. The van der Waals surface area contributed by atoms with E-state index in [9.17, 15) is 4.79 Å². The van der Waals surface area contributed by atoms with Gasteiger partial charge in [0.15, 0.2) is 0 Å². The number of aromatic nitrogens is 2. The van der Waals surface area contributed by atoms with Crippen LogP contribution >= 0.6 is 0 Å². The molecule has 1 aromatic heterocycles. The van der Waals surface area contributed by atoms with E-state index in [1.807, 2.05) is 18.2 Å². The summed E-state index contributed by atoms with van der Waals surface area (Å²) in [7, 11) is 0. The van der Waals surface area contributed by atoms with E-state index in [0.717, 1.165) is 55.4 Å². The van der Waals surface area contributed by atoms with Crippen LogP contribution in [-0.4, -0.2) is 41.7 Å². The molecule has 1 fully saturated rings. The maximum atomic E-state index is 12.6. The Kier molecular flexibility index (Phi) is 6.72. The number of aryl methyl sites for hydroxylation is 1. The molecule has 0 radical (unpaired) electrons. The minimum Gasteiger partial charge on any atom is -0.486 e. The number of benzene rings is 2. The molecule has 0 spiro atoms. The van der Waals surface area contributed by atoms with Gasteiger partial charge in [-0.05, 0) is 43.0 Å². The number of unbranched alkanes of at least 4 members (excludes halogenated alkanes) is 1. The van der Waals surface area contributed by atoms with E-state index in [1.54, 1.807) is 12.4 Å². The summed E-state index contributed by atoms with van der Waals surface area (Å²) in [6, 6.07) is 12.3. The number of nitrogens with one attached hydrogen (secondary N) is 1.